The van der Waals surface area contributed by atoms with Gasteiger partial charge in [-0.15, -0.1) is 11.8 Å². The summed E-state index contributed by atoms with van der Waals surface area (Å²) in [5, 5.41) is 9.24. The van der Waals surface area contributed by atoms with Gasteiger partial charge in [-0.3, -0.25) is 4.98 Å². The Bertz CT molecular complexity index is 405. The molecule has 0 aromatic carbocycles. The van der Waals surface area contributed by atoms with Gasteiger partial charge in [-0.1, -0.05) is 6.07 Å². The normalized spacial score (nSPS) is 19.3. The van der Waals surface area contributed by atoms with Crippen LogP contribution in [-0.4, -0.2) is 40.5 Å². The summed E-state index contributed by atoms with van der Waals surface area (Å²) >= 11 is 1.71. The fourth-order valence-electron chi connectivity index (χ4n) is 2.33. The van der Waals surface area contributed by atoms with Crippen molar-refractivity contribution in [2.45, 2.75) is 24.0 Å². The van der Waals surface area contributed by atoms with Crippen molar-refractivity contribution in [3.05, 3.63) is 30.1 Å². The van der Waals surface area contributed by atoms with Gasteiger partial charge in [-0.2, -0.15) is 5.26 Å². The molecule has 1 saturated heterocycles. The maximum absolute atomic E-state index is 9.24. The molecule has 0 aliphatic carbocycles. The van der Waals surface area contributed by atoms with Crippen LogP contribution in [0.1, 0.15) is 18.4 Å². The third-order valence-electron chi connectivity index (χ3n) is 3.70. The Morgan fingerprint density at radius 1 is 1.50 bits per heavy atom. The molecule has 2 rings (SSSR count). The van der Waals surface area contributed by atoms with Crippen LogP contribution in [-0.2, 0) is 6.42 Å². The van der Waals surface area contributed by atoms with E-state index >= 15 is 0 Å². The predicted molar refractivity (Wildman–Crippen MR) is 75.5 cm³/mol. The van der Waals surface area contributed by atoms with E-state index in [0.717, 1.165) is 38.9 Å². The summed E-state index contributed by atoms with van der Waals surface area (Å²) in [6, 6.07) is 6.60. The summed E-state index contributed by atoms with van der Waals surface area (Å²) in [5.41, 5.74) is 1.29. The highest BCUT2D eigenvalue weighted by Gasteiger charge is 2.33. The van der Waals surface area contributed by atoms with E-state index in [9.17, 15) is 5.26 Å². The molecular weight excluding hydrogens is 242 g/mol. The first kappa shape index (κ1) is 13.4. The average molecular weight is 261 g/mol. The van der Waals surface area contributed by atoms with Crippen molar-refractivity contribution in [3.8, 4) is 6.07 Å². The highest BCUT2D eigenvalue weighted by atomic mass is 32.2. The van der Waals surface area contributed by atoms with Crippen molar-refractivity contribution in [1.29, 1.82) is 5.26 Å². The van der Waals surface area contributed by atoms with Crippen molar-refractivity contribution >= 4 is 11.8 Å². The van der Waals surface area contributed by atoms with Crippen LogP contribution in [0.25, 0.3) is 0 Å². The molecule has 0 radical (unpaired) electrons. The Morgan fingerprint density at radius 2 is 2.28 bits per heavy atom. The summed E-state index contributed by atoms with van der Waals surface area (Å²) in [5.74, 6) is 0. The number of pyridine rings is 1. The van der Waals surface area contributed by atoms with Crippen LogP contribution in [0.15, 0.2) is 24.5 Å². The van der Waals surface area contributed by atoms with E-state index in [1.54, 1.807) is 11.8 Å². The van der Waals surface area contributed by atoms with Crippen LogP contribution in [0.2, 0.25) is 0 Å². The number of rotatable bonds is 4. The smallest absolute Gasteiger partial charge is 0.104 e. The first-order chi connectivity index (χ1) is 8.78. The van der Waals surface area contributed by atoms with Crippen LogP contribution >= 0.6 is 11.8 Å². The second kappa shape index (κ2) is 6.21. The lowest BCUT2D eigenvalue weighted by Crippen LogP contribution is -2.42. The lowest BCUT2D eigenvalue weighted by Gasteiger charge is -2.36. The fraction of sp³-hybridized carbons (Fsp3) is 0.571. The minimum Gasteiger partial charge on any atom is -0.303 e. The maximum Gasteiger partial charge on any atom is 0.104 e. The fourth-order valence-corrected chi connectivity index (χ4v) is 3.01. The molecule has 2 heterocycles. The largest absolute Gasteiger partial charge is 0.303 e. The summed E-state index contributed by atoms with van der Waals surface area (Å²) in [4.78, 5) is 6.59. The second-order valence-corrected chi connectivity index (χ2v) is 5.95. The highest BCUT2D eigenvalue weighted by Crippen LogP contribution is 2.33. The quantitative estimate of drug-likeness (QED) is 0.834. The molecule has 1 fully saturated rings. The van der Waals surface area contributed by atoms with Crippen LogP contribution in [0.3, 0.4) is 0 Å². The molecule has 1 aromatic heterocycles. The zero-order valence-corrected chi connectivity index (χ0v) is 11.6. The van der Waals surface area contributed by atoms with E-state index in [0.29, 0.717) is 0 Å². The van der Waals surface area contributed by atoms with E-state index in [-0.39, 0.29) is 4.75 Å². The molecule has 1 aliphatic rings. The molecule has 18 heavy (non-hydrogen) atoms. The van der Waals surface area contributed by atoms with Crippen molar-refractivity contribution in [3.63, 3.8) is 0 Å². The number of thioether (sulfide) groups is 1. The topological polar surface area (TPSA) is 39.9 Å². The van der Waals surface area contributed by atoms with Gasteiger partial charge < -0.3 is 4.90 Å². The first-order valence-electron chi connectivity index (χ1n) is 6.36. The zero-order valence-electron chi connectivity index (χ0n) is 10.8. The lowest BCUT2D eigenvalue weighted by atomic mass is 9.97. The van der Waals surface area contributed by atoms with E-state index in [4.69, 9.17) is 0 Å². The number of piperidine rings is 1. The molecule has 96 valence electrons. The Kier molecular flexibility index (Phi) is 4.62. The van der Waals surface area contributed by atoms with Gasteiger partial charge in [-0.25, -0.2) is 0 Å². The number of nitrogens with zero attached hydrogens (tertiary/aromatic N) is 3. The Balaban J connectivity index is 1.79. The molecule has 1 aliphatic heterocycles. The summed E-state index contributed by atoms with van der Waals surface area (Å²) in [6.45, 7) is 3.14. The number of nitriles is 1. The summed E-state index contributed by atoms with van der Waals surface area (Å²) < 4.78 is -0.134. The summed E-state index contributed by atoms with van der Waals surface area (Å²) in [6.07, 6.45) is 8.81. The van der Waals surface area contributed by atoms with Gasteiger partial charge in [-0.05, 0) is 37.1 Å². The van der Waals surface area contributed by atoms with E-state index in [2.05, 4.69) is 28.3 Å². The number of hydrogen-bond acceptors (Lipinski definition) is 4. The Hall–Kier alpha value is -1.05. The molecule has 1 aromatic rings. The zero-order chi connectivity index (χ0) is 12.8. The van der Waals surface area contributed by atoms with Crippen molar-refractivity contribution in [1.82, 2.24) is 9.88 Å². The van der Waals surface area contributed by atoms with Gasteiger partial charge >= 0.3 is 0 Å². The van der Waals surface area contributed by atoms with Gasteiger partial charge in [0.25, 0.3) is 0 Å². The van der Waals surface area contributed by atoms with Crippen LogP contribution in [0.4, 0.5) is 0 Å². The van der Waals surface area contributed by atoms with Gasteiger partial charge in [0, 0.05) is 32.0 Å². The second-order valence-electron chi connectivity index (χ2n) is 4.76. The predicted octanol–water partition coefficient (Wildman–Crippen LogP) is 2.35. The molecule has 0 amide bonds. The maximum atomic E-state index is 9.24. The van der Waals surface area contributed by atoms with Crippen LogP contribution in [0.5, 0.6) is 0 Å². The lowest BCUT2D eigenvalue weighted by molar-refractivity contribution is 0.219. The van der Waals surface area contributed by atoms with Gasteiger partial charge in [0.15, 0.2) is 0 Å². The monoisotopic (exact) mass is 261 g/mol. The molecule has 0 N–H and O–H groups in total. The van der Waals surface area contributed by atoms with E-state index in [1.807, 2.05) is 18.5 Å². The molecule has 0 unspecified atom stereocenters. The van der Waals surface area contributed by atoms with Crippen LogP contribution in [0, 0.1) is 11.3 Å². The number of likely N-dealkylation sites (tertiary alicyclic amines) is 1. The van der Waals surface area contributed by atoms with Crippen molar-refractivity contribution in [2.24, 2.45) is 0 Å². The van der Waals surface area contributed by atoms with E-state index < -0.39 is 0 Å². The van der Waals surface area contributed by atoms with E-state index in [1.165, 1.54) is 5.56 Å². The molecule has 0 atom stereocenters. The van der Waals surface area contributed by atoms with Crippen LogP contribution < -0.4 is 0 Å². The molecule has 3 nitrogen and oxygen atoms in total. The molecular formula is C14H19N3S. The minimum atomic E-state index is -0.134. The SMILES string of the molecule is CSC1(C#N)CCN(CCc2cccnc2)CC1. The third-order valence-corrected chi connectivity index (χ3v) is 4.98. The van der Waals surface area contributed by atoms with Gasteiger partial charge in [0.1, 0.15) is 4.75 Å². The Morgan fingerprint density at radius 3 is 2.83 bits per heavy atom. The molecule has 0 spiro atoms. The number of aromatic nitrogens is 1. The van der Waals surface area contributed by atoms with Crippen molar-refractivity contribution < 1.29 is 0 Å². The highest BCUT2D eigenvalue weighted by molar-refractivity contribution is 8.00. The Labute approximate surface area is 113 Å². The summed E-state index contributed by atoms with van der Waals surface area (Å²) in [7, 11) is 0. The van der Waals surface area contributed by atoms with Crippen molar-refractivity contribution in [2.75, 3.05) is 25.9 Å². The average Bonchev–Trinajstić information content (AvgIpc) is 2.47. The molecule has 0 saturated carbocycles. The minimum absolute atomic E-state index is 0.134. The van der Waals surface area contributed by atoms with Gasteiger partial charge in [0.05, 0.1) is 6.07 Å². The molecule has 0 bridgehead atoms. The number of hydrogen-bond donors (Lipinski definition) is 0. The standard InChI is InChI=1S/C14H19N3S/c1-18-14(12-15)5-9-17(10-6-14)8-4-13-3-2-7-16-11-13/h2-3,7,11H,4-6,8-10H2,1H3. The third kappa shape index (κ3) is 3.24. The molecule has 4 heteroatoms. The van der Waals surface area contributed by atoms with Gasteiger partial charge in [0.2, 0.25) is 0 Å². The first-order valence-corrected chi connectivity index (χ1v) is 7.58.